The van der Waals surface area contributed by atoms with E-state index >= 15 is 0 Å². The van der Waals surface area contributed by atoms with Gasteiger partial charge in [-0.2, -0.15) is 0 Å². The highest BCUT2D eigenvalue weighted by molar-refractivity contribution is 5.97. The highest BCUT2D eigenvalue weighted by atomic mass is 19.1. The Bertz CT molecular complexity index is 1320. The summed E-state index contributed by atoms with van der Waals surface area (Å²) in [5.74, 6) is -0.170. The van der Waals surface area contributed by atoms with Gasteiger partial charge < -0.3 is 15.5 Å². The van der Waals surface area contributed by atoms with Crippen LogP contribution in [0, 0.1) is 12.7 Å². The fourth-order valence-electron chi connectivity index (χ4n) is 4.62. The lowest BCUT2D eigenvalue weighted by Crippen LogP contribution is -2.46. The maximum absolute atomic E-state index is 12.9. The minimum Gasteiger partial charge on any atom is -0.337 e. The first-order valence-electron chi connectivity index (χ1n) is 13.6. The van der Waals surface area contributed by atoms with Gasteiger partial charge in [0.1, 0.15) is 5.82 Å². The molecular weight excluding hydrogens is 487 g/mol. The van der Waals surface area contributed by atoms with Crippen LogP contribution in [0.5, 0.6) is 0 Å². The van der Waals surface area contributed by atoms with E-state index in [2.05, 4.69) is 69.6 Å². The molecular formula is C33H41FN4O. The summed E-state index contributed by atoms with van der Waals surface area (Å²) in [6.45, 7) is 15.9. The molecule has 0 radical (unpaired) electrons. The summed E-state index contributed by atoms with van der Waals surface area (Å²) in [6.07, 6.45) is 12.1. The molecule has 0 aliphatic carbocycles. The number of nitrogens with zero attached hydrogens (tertiary/aromatic N) is 3. The zero-order valence-electron chi connectivity index (χ0n) is 23.9. The van der Waals surface area contributed by atoms with Crippen LogP contribution in [0.15, 0.2) is 95.6 Å². The number of benzene rings is 1. The lowest BCUT2D eigenvalue weighted by Gasteiger charge is -2.32. The van der Waals surface area contributed by atoms with Gasteiger partial charge in [0.05, 0.1) is 5.69 Å². The quantitative estimate of drug-likeness (QED) is 0.439. The van der Waals surface area contributed by atoms with Gasteiger partial charge in [0, 0.05) is 48.5 Å². The number of aromatic nitrogens is 1. The number of likely N-dealkylation sites (tertiary alicyclic amines) is 1. The van der Waals surface area contributed by atoms with Gasteiger partial charge in [-0.1, -0.05) is 43.8 Å². The first-order chi connectivity index (χ1) is 18.6. The van der Waals surface area contributed by atoms with Crippen LogP contribution >= 0.6 is 0 Å². The van der Waals surface area contributed by atoms with Crippen LogP contribution in [-0.2, 0) is 11.2 Å². The number of hydrogen-bond acceptors (Lipinski definition) is 4. The fourth-order valence-corrected chi connectivity index (χ4v) is 4.62. The Morgan fingerprint density at radius 2 is 1.95 bits per heavy atom. The van der Waals surface area contributed by atoms with Crippen LogP contribution in [0.3, 0.4) is 0 Å². The molecule has 1 saturated heterocycles. The van der Waals surface area contributed by atoms with E-state index in [1.807, 2.05) is 35.1 Å². The van der Waals surface area contributed by atoms with E-state index in [9.17, 15) is 9.18 Å². The summed E-state index contributed by atoms with van der Waals surface area (Å²) in [5.41, 5.74) is 14.0. The number of hydrogen-bond donors (Lipinski definition) is 1. The molecule has 6 heteroatoms. The molecule has 2 aliphatic rings. The second-order valence-electron chi connectivity index (χ2n) is 10.1. The van der Waals surface area contributed by atoms with Gasteiger partial charge in [0.15, 0.2) is 0 Å². The minimum absolute atomic E-state index is 0.0381. The first kappa shape index (κ1) is 29.8. The molecule has 4 rings (SSSR count). The molecule has 0 saturated carbocycles. The number of piperidine rings is 1. The second-order valence-corrected chi connectivity index (χ2v) is 10.1. The van der Waals surface area contributed by atoms with Crippen molar-refractivity contribution in [1.82, 2.24) is 14.8 Å². The van der Waals surface area contributed by atoms with Crippen LogP contribution in [0.2, 0.25) is 0 Å². The molecule has 1 unspecified atom stereocenters. The molecule has 2 N–H and O–H groups in total. The molecule has 1 aromatic carbocycles. The molecule has 0 spiro atoms. The maximum atomic E-state index is 12.9. The Balaban J connectivity index is 0.000000395. The summed E-state index contributed by atoms with van der Waals surface area (Å²) in [7, 11) is 0. The van der Waals surface area contributed by atoms with Gasteiger partial charge in [-0.15, -0.1) is 0 Å². The van der Waals surface area contributed by atoms with Crippen molar-refractivity contribution in [2.24, 2.45) is 5.73 Å². The Labute approximate surface area is 232 Å². The van der Waals surface area contributed by atoms with Crippen molar-refractivity contribution < 1.29 is 9.18 Å². The van der Waals surface area contributed by atoms with Crippen LogP contribution in [-0.4, -0.2) is 39.8 Å². The maximum Gasteiger partial charge on any atom is 0.254 e. The number of pyridine rings is 1. The molecule has 2 aromatic rings. The van der Waals surface area contributed by atoms with Gasteiger partial charge in [-0.05, 0) is 93.5 Å². The summed E-state index contributed by atoms with van der Waals surface area (Å²) in [5, 5.41) is 0. The van der Waals surface area contributed by atoms with Crippen molar-refractivity contribution >= 4 is 12.0 Å². The normalized spacial score (nSPS) is 18.2. The van der Waals surface area contributed by atoms with Gasteiger partial charge in [0.2, 0.25) is 0 Å². The van der Waals surface area contributed by atoms with Gasteiger partial charge >= 0.3 is 0 Å². The predicted molar refractivity (Wildman–Crippen MR) is 159 cm³/mol. The average Bonchev–Trinajstić information content (AvgIpc) is 2.93. The summed E-state index contributed by atoms with van der Waals surface area (Å²) in [6, 6.07) is 11.5. The molecule has 1 amide bonds. The molecule has 206 valence electrons. The number of rotatable bonds is 5. The van der Waals surface area contributed by atoms with E-state index in [1.165, 1.54) is 28.3 Å². The topological polar surface area (TPSA) is 62.5 Å². The van der Waals surface area contributed by atoms with Crippen LogP contribution in [0.1, 0.15) is 57.4 Å². The molecule has 39 heavy (non-hydrogen) atoms. The third-order valence-corrected chi connectivity index (χ3v) is 7.25. The Morgan fingerprint density at radius 3 is 2.56 bits per heavy atom. The van der Waals surface area contributed by atoms with E-state index in [0.29, 0.717) is 24.2 Å². The molecule has 2 aliphatic heterocycles. The molecule has 5 nitrogen and oxygen atoms in total. The van der Waals surface area contributed by atoms with E-state index in [0.717, 1.165) is 30.8 Å². The van der Waals surface area contributed by atoms with Crippen LogP contribution < -0.4 is 5.73 Å². The van der Waals surface area contributed by atoms with E-state index in [1.54, 1.807) is 12.3 Å². The molecule has 1 fully saturated rings. The van der Waals surface area contributed by atoms with Crippen molar-refractivity contribution in [3.8, 4) is 0 Å². The van der Waals surface area contributed by atoms with E-state index in [4.69, 9.17) is 5.73 Å². The zero-order chi connectivity index (χ0) is 28.5. The highest BCUT2D eigenvalue weighted by Gasteiger charge is 2.25. The van der Waals surface area contributed by atoms with Crippen molar-refractivity contribution in [2.45, 2.75) is 59.9 Å². The number of carbonyl (C=O) groups is 1. The lowest BCUT2D eigenvalue weighted by molar-refractivity contribution is -0.127. The number of nitrogens with two attached hydrogens (primary N) is 1. The molecule has 1 aromatic heterocycles. The summed E-state index contributed by atoms with van der Waals surface area (Å²) in [4.78, 5) is 20.6. The zero-order valence-corrected chi connectivity index (χ0v) is 23.9. The summed E-state index contributed by atoms with van der Waals surface area (Å²) < 4.78 is 12.5. The Kier molecular flexibility index (Phi) is 10.6. The lowest BCUT2D eigenvalue weighted by atomic mass is 10.0. The third-order valence-electron chi connectivity index (χ3n) is 7.25. The molecule has 3 heterocycles. The van der Waals surface area contributed by atoms with Gasteiger partial charge in [0.25, 0.3) is 5.91 Å². The average molecular weight is 529 g/mol. The van der Waals surface area contributed by atoms with Crippen LogP contribution in [0.4, 0.5) is 4.39 Å². The standard InChI is InChI=1S/C26H33N3O.C7H8FN/c1-18-9-6-7-10-23(18)15-19(2)21(4)22(5)29-14-12-24(16-20(29)3)26(30)28-13-8-11-25(27)17-28;1-2-7-6(8)4-3-5-9-7/h6-7,9-10,12,14-16,25H,3,8,11,13,17,27H2,1-2,4-5H3;3-5H,2H2,1H3/b19-15+,22-21+;. The van der Waals surface area contributed by atoms with Crippen molar-refractivity contribution in [2.75, 3.05) is 13.1 Å². The first-order valence-corrected chi connectivity index (χ1v) is 13.6. The van der Waals surface area contributed by atoms with Gasteiger partial charge in [-0.3, -0.25) is 9.78 Å². The SMILES string of the molecule is C=C1C=C(C(=O)N2CCCC(N)C2)C=CN1/C(C)=C(C)/C(C)=C/c1ccccc1C.CCc1ncccc1F. The number of aryl methyl sites for hydroxylation is 2. The van der Waals surface area contributed by atoms with Crippen LogP contribution in [0.25, 0.3) is 6.08 Å². The molecule has 0 bridgehead atoms. The number of allylic oxidation sites excluding steroid dienone is 4. The van der Waals surface area contributed by atoms with E-state index < -0.39 is 0 Å². The Morgan fingerprint density at radius 1 is 1.21 bits per heavy atom. The smallest absolute Gasteiger partial charge is 0.254 e. The second kappa shape index (κ2) is 13.9. The number of halogens is 1. The Hall–Kier alpha value is -3.77. The summed E-state index contributed by atoms with van der Waals surface area (Å²) >= 11 is 0. The van der Waals surface area contributed by atoms with Crippen molar-refractivity contribution in [3.05, 3.63) is 118 Å². The van der Waals surface area contributed by atoms with E-state index in [-0.39, 0.29) is 17.8 Å². The van der Waals surface area contributed by atoms with Gasteiger partial charge in [-0.25, -0.2) is 4.39 Å². The minimum atomic E-state index is -0.208. The highest BCUT2D eigenvalue weighted by Crippen LogP contribution is 2.27. The van der Waals surface area contributed by atoms with Crippen molar-refractivity contribution in [1.29, 1.82) is 0 Å². The largest absolute Gasteiger partial charge is 0.337 e. The number of amides is 1. The predicted octanol–water partition coefficient (Wildman–Crippen LogP) is 6.69. The number of carbonyl (C=O) groups excluding carboxylic acids is 1. The third kappa shape index (κ3) is 7.87. The monoisotopic (exact) mass is 528 g/mol. The fraction of sp³-hybridized carbons (Fsp3) is 0.333. The molecule has 1 atom stereocenters. The van der Waals surface area contributed by atoms with Crippen molar-refractivity contribution in [3.63, 3.8) is 0 Å².